The Labute approximate surface area is 148 Å². The van der Waals surface area contributed by atoms with Gasteiger partial charge < -0.3 is 15.6 Å². The molecule has 4 heterocycles. The van der Waals surface area contributed by atoms with E-state index in [9.17, 15) is 13.2 Å². The van der Waals surface area contributed by atoms with E-state index >= 15 is 0 Å². The molecule has 26 heavy (non-hydrogen) atoms. The third-order valence-electron chi connectivity index (χ3n) is 4.60. The van der Waals surface area contributed by atoms with Gasteiger partial charge in [-0.3, -0.25) is 4.90 Å². The first kappa shape index (κ1) is 17.0. The second-order valence-corrected chi connectivity index (χ2v) is 6.45. The number of aromatic nitrogens is 3. The van der Waals surface area contributed by atoms with Gasteiger partial charge in [-0.05, 0) is 0 Å². The van der Waals surface area contributed by atoms with Crippen molar-refractivity contribution >= 4 is 46.8 Å². The number of hydrogen-bond donors (Lipinski definition) is 2. The maximum absolute atomic E-state index is 12.6. The molecule has 6 nitrogen and oxygen atoms in total. The number of alkyl halides is 3. The van der Waals surface area contributed by atoms with Crippen LogP contribution in [0.15, 0.2) is 18.5 Å². The van der Waals surface area contributed by atoms with E-state index in [2.05, 4.69) is 15.0 Å². The molecule has 0 saturated carbocycles. The van der Waals surface area contributed by atoms with Crippen molar-refractivity contribution in [2.45, 2.75) is 6.18 Å². The summed E-state index contributed by atoms with van der Waals surface area (Å²) in [5.74, 6) is 0.338. The van der Waals surface area contributed by atoms with E-state index in [1.54, 1.807) is 12.4 Å². The van der Waals surface area contributed by atoms with Crippen LogP contribution in [0.5, 0.6) is 0 Å². The monoisotopic (exact) mass is 360 g/mol. The third kappa shape index (κ3) is 3.05. The standard InChI is InChI=1S/C16H16BF3N6/c17-9-5-10-12-11(24-15(10)23-6-9)7-22-14(21)13(12)26-3-1-25(2-4-26)8-16(18,19)20/h5-7H,1-4,8H2,(H2,21,22)(H,23,24). The van der Waals surface area contributed by atoms with Crippen LogP contribution in [-0.4, -0.2) is 66.6 Å². The second-order valence-electron chi connectivity index (χ2n) is 6.45. The molecule has 3 aromatic heterocycles. The van der Waals surface area contributed by atoms with Crippen LogP contribution in [0.25, 0.3) is 21.9 Å². The Bertz CT molecular complexity index is 962. The zero-order valence-electron chi connectivity index (χ0n) is 13.8. The SMILES string of the molecule is [B]c1cnc2[nH]c3cnc(N)c(N4CCN(CC(F)(F)F)CC4)c3c2c1. The quantitative estimate of drug-likeness (QED) is 0.672. The van der Waals surface area contributed by atoms with Gasteiger partial charge in [0.2, 0.25) is 0 Å². The topological polar surface area (TPSA) is 74.1 Å². The lowest BCUT2D eigenvalue weighted by Gasteiger charge is -2.36. The molecule has 0 spiro atoms. The Morgan fingerprint density at radius 2 is 1.88 bits per heavy atom. The van der Waals surface area contributed by atoms with Gasteiger partial charge in [-0.15, -0.1) is 0 Å². The summed E-state index contributed by atoms with van der Waals surface area (Å²) >= 11 is 0. The lowest BCUT2D eigenvalue weighted by atomic mass is 9.97. The first-order chi connectivity index (χ1) is 12.3. The molecule has 3 N–H and O–H groups in total. The molecular weight excluding hydrogens is 344 g/mol. The van der Waals surface area contributed by atoms with Crippen molar-refractivity contribution in [3.63, 3.8) is 0 Å². The van der Waals surface area contributed by atoms with E-state index in [0.717, 1.165) is 16.3 Å². The van der Waals surface area contributed by atoms with E-state index in [1.807, 2.05) is 11.0 Å². The number of hydrogen-bond acceptors (Lipinski definition) is 5. The summed E-state index contributed by atoms with van der Waals surface area (Å²) in [5, 5.41) is 1.67. The smallest absolute Gasteiger partial charge is 0.382 e. The van der Waals surface area contributed by atoms with Gasteiger partial charge in [0.05, 0.1) is 23.9 Å². The normalized spacial score (nSPS) is 16.7. The molecule has 0 aromatic carbocycles. The largest absolute Gasteiger partial charge is 0.401 e. The molecule has 0 aliphatic carbocycles. The highest BCUT2D eigenvalue weighted by molar-refractivity contribution is 6.33. The average molecular weight is 360 g/mol. The fourth-order valence-electron chi connectivity index (χ4n) is 3.48. The minimum absolute atomic E-state index is 0.304. The van der Waals surface area contributed by atoms with Crippen LogP contribution in [0, 0.1) is 0 Å². The fraction of sp³-hybridized carbons (Fsp3) is 0.375. The van der Waals surface area contributed by atoms with Crippen LogP contribution < -0.4 is 16.1 Å². The molecule has 4 rings (SSSR count). The van der Waals surface area contributed by atoms with Gasteiger partial charge in [-0.1, -0.05) is 11.5 Å². The molecule has 3 aromatic rings. The summed E-state index contributed by atoms with van der Waals surface area (Å²) < 4.78 is 37.8. The summed E-state index contributed by atoms with van der Waals surface area (Å²) in [4.78, 5) is 15.1. The first-order valence-corrected chi connectivity index (χ1v) is 8.17. The number of nitrogens with one attached hydrogen (secondary N) is 1. The van der Waals surface area contributed by atoms with Crippen LogP contribution in [0.3, 0.4) is 0 Å². The summed E-state index contributed by atoms with van der Waals surface area (Å²) in [6.45, 7) is 0.579. The molecule has 1 fully saturated rings. The maximum Gasteiger partial charge on any atom is 0.401 e. The Morgan fingerprint density at radius 3 is 2.58 bits per heavy atom. The van der Waals surface area contributed by atoms with Gasteiger partial charge in [0.15, 0.2) is 0 Å². The summed E-state index contributed by atoms with van der Waals surface area (Å²) in [6, 6.07) is 1.81. The molecule has 1 saturated heterocycles. The number of nitrogen functional groups attached to an aromatic ring is 1. The molecule has 2 radical (unpaired) electrons. The van der Waals surface area contributed by atoms with Crippen LogP contribution in [0.1, 0.15) is 0 Å². The Hall–Kier alpha value is -2.49. The van der Waals surface area contributed by atoms with Crippen molar-refractivity contribution in [2.75, 3.05) is 43.4 Å². The number of nitrogens with two attached hydrogens (primary N) is 1. The van der Waals surface area contributed by atoms with Crippen LogP contribution in [0.2, 0.25) is 0 Å². The Balaban J connectivity index is 1.72. The number of rotatable bonds is 2. The molecule has 1 aliphatic rings. The number of aromatic amines is 1. The zero-order chi connectivity index (χ0) is 18.5. The molecule has 0 atom stereocenters. The lowest BCUT2D eigenvalue weighted by molar-refractivity contribution is -0.146. The summed E-state index contributed by atoms with van der Waals surface area (Å²) in [7, 11) is 5.87. The summed E-state index contributed by atoms with van der Waals surface area (Å²) in [5.41, 5.74) is 8.80. The van der Waals surface area contributed by atoms with Gasteiger partial charge in [-0.25, -0.2) is 9.97 Å². The van der Waals surface area contributed by atoms with Crippen molar-refractivity contribution in [3.8, 4) is 0 Å². The van der Waals surface area contributed by atoms with Gasteiger partial charge in [0.25, 0.3) is 0 Å². The van der Waals surface area contributed by atoms with E-state index in [-0.39, 0.29) is 0 Å². The van der Waals surface area contributed by atoms with Crippen LogP contribution in [0.4, 0.5) is 24.7 Å². The molecular formula is C16H16BF3N6. The van der Waals surface area contributed by atoms with Gasteiger partial charge >= 0.3 is 6.18 Å². The van der Waals surface area contributed by atoms with Gasteiger partial charge in [-0.2, -0.15) is 13.2 Å². The predicted molar refractivity (Wildman–Crippen MR) is 95.9 cm³/mol. The third-order valence-corrected chi connectivity index (χ3v) is 4.60. The minimum atomic E-state index is -4.19. The number of piperazine rings is 1. The highest BCUT2D eigenvalue weighted by atomic mass is 19.4. The minimum Gasteiger partial charge on any atom is -0.382 e. The van der Waals surface area contributed by atoms with E-state index < -0.39 is 12.7 Å². The molecule has 0 unspecified atom stereocenters. The summed E-state index contributed by atoms with van der Waals surface area (Å²) in [6.07, 6.45) is -1.00. The highest BCUT2D eigenvalue weighted by Crippen LogP contribution is 2.36. The number of pyridine rings is 2. The van der Waals surface area contributed by atoms with Crippen molar-refractivity contribution in [2.24, 2.45) is 0 Å². The lowest BCUT2D eigenvalue weighted by Crippen LogP contribution is -2.49. The molecule has 0 bridgehead atoms. The van der Waals surface area contributed by atoms with E-state index in [4.69, 9.17) is 13.6 Å². The number of fused-ring (bicyclic) bond motifs is 3. The van der Waals surface area contributed by atoms with Gasteiger partial charge in [0, 0.05) is 43.1 Å². The van der Waals surface area contributed by atoms with Crippen LogP contribution in [-0.2, 0) is 0 Å². The van der Waals surface area contributed by atoms with Crippen molar-refractivity contribution in [1.29, 1.82) is 0 Å². The first-order valence-electron chi connectivity index (χ1n) is 8.17. The van der Waals surface area contributed by atoms with E-state index in [1.165, 1.54) is 4.90 Å². The number of H-pyrrole nitrogens is 1. The molecule has 134 valence electrons. The predicted octanol–water partition coefficient (Wildman–Crippen LogP) is 1.17. The van der Waals surface area contributed by atoms with Crippen LogP contribution >= 0.6 is 0 Å². The molecule has 0 amide bonds. The zero-order valence-corrected chi connectivity index (χ0v) is 13.8. The van der Waals surface area contributed by atoms with Crippen molar-refractivity contribution in [1.82, 2.24) is 19.9 Å². The van der Waals surface area contributed by atoms with Crippen molar-refractivity contribution < 1.29 is 13.2 Å². The molecule has 10 heteroatoms. The van der Waals surface area contributed by atoms with Crippen molar-refractivity contribution in [3.05, 3.63) is 18.5 Å². The fourth-order valence-corrected chi connectivity index (χ4v) is 3.48. The number of anilines is 2. The number of nitrogens with zero attached hydrogens (tertiary/aromatic N) is 4. The average Bonchev–Trinajstić information content (AvgIpc) is 2.92. The second kappa shape index (κ2) is 6.05. The highest BCUT2D eigenvalue weighted by Gasteiger charge is 2.32. The van der Waals surface area contributed by atoms with Gasteiger partial charge in [0.1, 0.15) is 19.3 Å². The Morgan fingerprint density at radius 1 is 1.15 bits per heavy atom. The van der Waals surface area contributed by atoms with E-state index in [0.29, 0.717) is 48.8 Å². The Kier molecular flexibility index (Phi) is 3.94. The maximum atomic E-state index is 12.6. The number of halogens is 3. The molecule has 1 aliphatic heterocycles.